The highest BCUT2D eigenvalue weighted by Gasteiger charge is 2.31. The second kappa shape index (κ2) is 11.9. The van der Waals surface area contributed by atoms with Gasteiger partial charge in [0.1, 0.15) is 5.75 Å². The molecule has 1 N–H and O–H groups in total. The van der Waals surface area contributed by atoms with Gasteiger partial charge in [0.25, 0.3) is 11.8 Å². The van der Waals surface area contributed by atoms with Crippen LogP contribution < -0.4 is 15.0 Å². The fourth-order valence-corrected chi connectivity index (χ4v) is 5.56. The molecule has 5 rings (SSSR count). The molecule has 3 aliphatic rings. The third-order valence-corrected chi connectivity index (χ3v) is 7.75. The molecule has 202 valence electrons. The van der Waals surface area contributed by atoms with Crippen molar-refractivity contribution in [1.29, 1.82) is 0 Å². The predicted molar refractivity (Wildman–Crippen MR) is 145 cm³/mol. The van der Waals surface area contributed by atoms with Crippen molar-refractivity contribution in [1.82, 2.24) is 9.80 Å². The maximum Gasteiger partial charge on any atom is 0.256 e. The SMILES string of the molecule is COc1cccc(C(=O)Nc2ccc(N3CCN(C(=O)C4CCCC4)CC3)c(C(=O)N3CCOCC3)c2)c1. The maximum atomic E-state index is 13.7. The standard InChI is InChI=1S/C29H36N4O5/c1-37-24-8-4-7-22(19-24)27(34)30-23-9-10-26(25(20-23)29(36)33-15-17-38-18-16-33)31-11-13-32(14-12-31)28(35)21-5-2-3-6-21/h4,7-10,19-21H,2-3,5-6,11-18H2,1H3,(H,30,34). The summed E-state index contributed by atoms with van der Waals surface area (Å²) in [6, 6.07) is 12.4. The van der Waals surface area contributed by atoms with Crippen LogP contribution in [0.4, 0.5) is 11.4 Å². The van der Waals surface area contributed by atoms with Gasteiger partial charge in [-0.25, -0.2) is 0 Å². The van der Waals surface area contributed by atoms with E-state index in [4.69, 9.17) is 9.47 Å². The topological polar surface area (TPSA) is 91.4 Å². The molecule has 9 heteroatoms. The van der Waals surface area contributed by atoms with E-state index in [1.807, 2.05) is 17.0 Å². The zero-order chi connectivity index (χ0) is 26.5. The smallest absolute Gasteiger partial charge is 0.256 e. The number of nitrogens with one attached hydrogen (secondary N) is 1. The highest BCUT2D eigenvalue weighted by molar-refractivity contribution is 6.06. The van der Waals surface area contributed by atoms with Gasteiger partial charge in [0.15, 0.2) is 0 Å². The van der Waals surface area contributed by atoms with Crippen molar-refractivity contribution in [3.05, 3.63) is 53.6 Å². The minimum Gasteiger partial charge on any atom is -0.497 e. The number of hydrogen-bond donors (Lipinski definition) is 1. The molecule has 9 nitrogen and oxygen atoms in total. The van der Waals surface area contributed by atoms with Crippen molar-refractivity contribution >= 4 is 29.1 Å². The van der Waals surface area contributed by atoms with Crippen molar-refractivity contribution in [3.63, 3.8) is 0 Å². The number of piperazine rings is 1. The fourth-order valence-electron chi connectivity index (χ4n) is 5.56. The van der Waals surface area contributed by atoms with Gasteiger partial charge in [0.2, 0.25) is 5.91 Å². The quantitative estimate of drug-likeness (QED) is 0.629. The number of anilines is 2. The van der Waals surface area contributed by atoms with E-state index in [1.165, 1.54) is 0 Å². The van der Waals surface area contributed by atoms with Gasteiger partial charge in [0, 0.05) is 62.1 Å². The molecule has 2 aliphatic heterocycles. The number of morpholine rings is 1. The zero-order valence-electron chi connectivity index (χ0n) is 22.0. The number of carbonyl (C=O) groups excluding carboxylic acids is 3. The monoisotopic (exact) mass is 520 g/mol. The van der Waals surface area contributed by atoms with Crippen LogP contribution in [0.3, 0.4) is 0 Å². The Balaban J connectivity index is 1.35. The molecule has 0 bridgehead atoms. The summed E-state index contributed by atoms with van der Waals surface area (Å²) in [6.07, 6.45) is 4.29. The Labute approximate surface area is 223 Å². The molecule has 0 unspecified atom stereocenters. The molecule has 3 amide bonds. The molecule has 38 heavy (non-hydrogen) atoms. The van der Waals surface area contributed by atoms with Crippen LogP contribution in [-0.2, 0) is 9.53 Å². The van der Waals surface area contributed by atoms with E-state index in [2.05, 4.69) is 10.2 Å². The van der Waals surface area contributed by atoms with Crippen molar-refractivity contribution < 1.29 is 23.9 Å². The number of ether oxygens (including phenoxy) is 2. The summed E-state index contributed by atoms with van der Waals surface area (Å²) in [5.41, 5.74) is 2.39. The Hall–Kier alpha value is -3.59. The number of methoxy groups -OCH3 is 1. The highest BCUT2D eigenvalue weighted by atomic mass is 16.5. The van der Waals surface area contributed by atoms with E-state index in [-0.39, 0.29) is 23.6 Å². The van der Waals surface area contributed by atoms with Crippen LogP contribution in [0.25, 0.3) is 0 Å². The van der Waals surface area contributed by atoms with Gasteiger partial charge in [-0.15, -0.1) is 0 Å². The van der Waals surface area contributed by atoms with E-state index >= 15 is 0 Å². The van der Waals surface area contributed by atoms with Gasteiger partial charge in [-0.05, 0) is 49.2 Å². The van der Waals surface area contributed by atoms with Crippen LogP contribution in [0.5, 0.6) is 5.75 Å². The highest BCUT2D eigenvalue weighted by Crippen LogP contribution is 2.30. The number of nitrogens with zero attached hydrogens (tertiary/aromatic N) is 3. The number of rotatable bonds is 6. The zero-order valence-corrected chi connectivity index (χ0v) is 22.0. The first-order chi connectivity index (χ1) is 18.5. The summed E-state index contributed by atoms with van der Waals surface area (Å²) in [5, 5.41) is 2.93. The molecule has 2 aromatic rings. The van der Waals surface area contributed by atoms with Gasteiger partial charge < -0.3 is 29.5 Å². The molecule has 2 heterocycles. The first kappa shape index (κ1) is 26.0. The minimum atomic E-state index is -0.277. The molecule has 2 aromatic carbocycles. The normalized spacial score (nSPS) is 18.4. The molecular formula is C29H36N4O5. The second-order valence-electron chi connectivity index (χ2n) is 10.1. The molecule has 0 atom stereocenters. The van der Waals surface area contributed by atoms with E-state index in [9.17, 15) is 14.4 Å². The number of carbonyl (C=O) groups is 3. The van der Waals surface area contributed by atoms with Crippen LogP contribution in [-0.4, -0.2) is 87.1 Å². The Morgan fingerprint density at radius 1 is 0.895 bits per heavy atom. The average molecular weight is 521 g/mol. The van der Waals surface area contributed by atoms with Crippen molar-refractivity contribution in [3.8, 4) is 5.75 Å². The summed E-state index contributed by atoms with van der Waals surface area (Å²) in [6.45, 7) is 4.70. The third kappa shape index (κ3) is 5.78. The predicted octanol–water partition coefficient (Wildman–Crippen LogP) is 3.26. The molecule has 3 fully saturated rings. The lowest BCUT2D eigenvalue weighted by atomic mass is 10.0. The Morgan fingerprint density at radius 3 is 2.34 bits per heavy atom. The maximum absolute atomic E-state index is 13.7. The number of benzene rings is 2. The average Bonchev–Trinajstić information content (AvgIpc) is 3.52. The van der Waals surface area contributed by atoms with E-state index in [0.29, 0.717) is 75.0 Å². The third-order valence-electron chi connectivity index (χ3n) is 7.75. The lowest BCUT2D eigenvalue weighted by Crippen LogP contribution is -2.50. The molecule has 0 aromatic heterocycles. The summed E-state index contributed by atoms with van der Waals surface area (Å²) in [5.74, 6) is 0.697. The fraction of sp³-hybridized carbons (Fsp3) is 0.483. The lowest BCUT2D eigenvalue weighted by molar-refractivity contribution is -0.135. The molecule has 1 aliphatic carbocycles. The van der Waals surface area contributed by atoms with E-state index in [0.717, 1.165) is 31.4 Å². The first-order valence-corrected chi connectivity index (χ1v) is 13.5. The van der Waals surface area contributed by atoms with Crippen molar-refractivity contribution in [2.75, 3.05) is 69.8 Å². The Kier molecular flexibility index (Phi) is 8.12. The van der Waals surface area contributed by atoms with Crippen LogP contribution in [0, 0.1) is 5.92 Å². The molecular weight excluding hydrogens is 484 g/mol. The second-order valence-corrected chi connectivity index (χ2v) is 10.1. The van der Waals surface area contributed by atoms with E-state index in [1.54, 1.807) is 42.3 Å². The summed E-state index contributed by atoms with van der Waals surface area (Å²) >= 11 is 0. The van der Waals surface area contributed by atoms with Crippen LogP contribution in [0.15, 0.2) is 42.5 Å². The lowest BCUT2D eigenvalue weighted by Gasteiger charge is -2.38. The molecule has 0 radical (unpaired) electrons. The Morgan fingerprint density at radius 2 is 1.63 bits per heavy atom. The summed E-state index contributed by atoms with van der Waals surface area (Å²) < 4.78 is 10.7. The Bertz CT molecular complexity index is 1170. The van der Waals surface area contributed by atoms with Gasteiger partial charge >= 0.3 is 0 Å². The van der Waals surface area contributed by atoms with Crippen LogP contribution in [0.2, 0.25) is 0 Å². The van der Waals surface area contributed by atoms with Crippen molar-refractivity contribution in [2.24, 2.45) is 5.92 Å². The van der Waals surface area contributed by atoms with Crippen LogP contribution >= 0.6 is 0 Å². The van der Waals surface area contributed by atoms with Gasteiger partial charge in [-0.3, -0.25) is 14.4 Å². The summed E-state index contributed by atoms with van der Waals surface area (Å²) in [7, 11) is 1.56. The van der Waals surface area contributed by atoms with Crippen LogP contribution in [0.1, 0.15) is 46.4 Å². The van der Waals surface area contributed by atoms with Gasteiger partial charge in [0.05, 0.1) is 25.9 Å². The molecule has 1 saturated carbocycles. The van der Waals surface area contributed by atoms with E-state index < -0.39 is 0 Å². The number of amides is 3. The van der Waals surface area contributed by atoms with Gasteiger partial charge in [-0.1, -0.05) is 18.9 Å². The molecule has 0 spiro atoms. The first-order valence-electron chi connectivity index (χ1n) is 13.5. The van der Waals surface area contributed by atoms with Crippen molar-refractivity contribution in [2.45, 2.75) is 25.7 Å². The molecule has 2 saturated heterocycles. The minimum absolute atomic E-state index is 0.0785. The largest absolute Gasteiger partial charge is 0.497 e. The number of hydrogen-bond acceptors (Lipinski definition) is 6. The van der Waals surface area contributed by atoms with Gasteiger partial charge in [-0.2, -0.15) is 0 Å². The summed E-state index contributed by atoms with van der Waals surface area (Å²) in [4.78, 5) is 45.5.